The maximum Gasteiger partial charge on any atom is 0.490 e. The molecule has 10 nitrogen and oxygen atoms in total. The molecule has 1 aromatic carbocycles. The van der Waals surface area contributed by atoms with Gasteiger partial charge in [0.1, 0.15) is 11.8 Å². The summed E-state index contributed by atoms with van der Waals surface area (Å²) in [4.78, 5) is 29.1. The number of hydrogen-bond acceptors (Lipinski definition) is 7. The number of benzene rings is 1. The molecule has 0 bridgehead atoms. The number of carbonyl (C=O) groups is 2. The van der Waals surface area contributed by atoms with Crippen LogP contribution in [0.2, 0.25) is 0 Å². The third-order valence-electron chi connectivity index (χ3n) is 3.39. The number of anilines is 2. The van der Waals surface area contributed by atoms with Crippen molar-refractivity contribution in [1.29, 1.82) is 5.26 Å². The molecule has 13 heteroatoms. The predicted molar refractivity (Wildman–Crippen MR) is 108 cm³/mol. The molecule has 32 heavy (non-hydrogen) atoms. The van der Waals surface area contributed by atoms with E-state index >= 15 is 0 Å². The lowest BCUT2D eigenvalue weighted by molar-refractivity contribution is -0.192. The first-order valence-corrected chi connectivity index (χ1v) is 8.98. The summed E-state index contributed by atoms with van der Waals surface area (Å²) < 4.78 is 36.8. The van der Waals surface area contributed by atoms with E-state index in [2.05, 4.69) is 20.7 Å². The Morgan fingerprint density at radius 2 is 1.84 bits per heavy atom. The fraction of sp³-hybridized carbons (Fsp3) is 0.316. The van der Waals surface area contributed by atoms with E-state index in [-0.39, 0.29) is 11.7 Å². The Hall–Kier alpha value is -4.08. The van der Waals surface area contributed by atoms with Crippen molar-refractivity contribution in [2.75, 3.05) is 24.0 Å². The average Bonchev–Trinajstić information content (AvgIpc) is 2.73. The summed E-state index contributed by atoms with van der Waals surface area (Å²) in [6.07, 6.45) is -3.60. The van der Waals surface area contributed by atoms with Crippen LogP contribution >= 0.6 is 0 Å². The Morgan fingerprint density at radius 1 is 1.25 bits per heavy atom. The summed E-state index contributed by atoms with van der Waals surface area (Å²) in [6.45, 7) is 4.56. The highest BCUT2D eigenvalue weighted by molar-refractivity contribution is 5.90. The summed E-state index contributed by atoms with van der Waals surface area (Å²) >= 11 is 0. The summed E-state index contributed by atoms with van der Waals surface area (Å²) in [5.74, 6) is -1.29. The molecular formula is C19H21F3N6O4. The molecule has 0 saturated heterocycles. The molecule has 1 aromatic heterocycles. The Balaban J connectivity index is 0.000000633. The second kappa shape index (κ2) is 11.9. The van der Waals surface area contributed by atoms with Gasteiger partial charge in [-0.3, -0.25) is 5.01 Å². The molecule has 0 atom stereocenters. The number of rotatable bonds is 6. The van der Waals surface area contributed by atoms with Crippen molar-refractivity contribution in [3.8, 4) is 11.8 Å². The second-order valence-corrected chi connectivity index (χ2v) is 6.45. The normalized spacial score (nSPS) is 10.3. The third-order valence-corrected chi connectivity index (χ3v) is 3.39. The fourth-order valence-corrected chi connectivity index (χ4v) is 2.07. The van der Waals surface area contributed by atoms with Gasteiger partial charge in [-0.15, -0.1) is 0 Å². The van der Waals surface area contributed by atoms with Crippen LogP contribution in [0.15, 0.2) is 36.5 Å². The monoisotopic (exact) mass is 454 g/mol. The highest BCUT2D eigenvalue weighted by Crippen LogP contribution is 2.15. The van der Waals surface area contributed by atoms with Crippen LogP contribution < -0.4 is 20.5 Å². The van der Waals surface area contributed by atoms with Crippen molar-refractivity contribution in [3.63, 3.8) is 0 Å². The number of amides is 2. The van der Waals surface area contributed by atoms with Crippen LogP contribution in [-0.4, -0.2) is 46.9 Å². The molecule has 0 aliphatic rings. The van der Waals surface area contributed by atoms with Gasteiger partial charge in [0.2, 0.25) is 5.82 Å². The van der Waals surface area contributed by atoms with Crippen LogP contribution in [0.3, 0.4) is 0 Å². The van der Waals surface area contributed by atoms with E-state index < -0.39 is 18.2 Å². The van der Waals surface area contributed by atoms with E-state index in [0.29, 0.717) is 23.8 Å². The van der Waals surface area contributed by atoms with Gasteiger partial charge in [0, 0.05) is 24.5 Å². The summed E-state index contributed by atoms with van der Waals surface area (Å²) in [5.41, 5.74) is 3.37. The SMILES string of the molecule is COc1ccc(NC(=O)NN(CC(C)C)c2ccnc(C#N)n2)cc1.O=C(O)C(F)(F)F. The van der Waals surface area contributed by atoms with Gasteiger partial charge in [-0.1, -0.05) is 13.8 Å². The minimum absolute atomic E-state index is 0.0450. The number of aliphatic carboxylic acids is 1. The smallest absolute Gasteiger partial charge is 0.490 e. The molecule has 172 valence electrons. The molecule has 3 N–H and O–H groups in total. The maximum absolute atomic E-state index is 12.3. The number of urea groups is 1. The largest absolute Gasteiger partial charge is 0.497 e. The Morgan fingerprint density at radius 3 is 2.31 bits per heavy atom. The van der Waals surface area contributed by atoms with Gasteiger partial charge in [-0.05, 0) is 30.2 Å². The number of carbonyl (C=O) groups excluding carboxylic acids is 1. The zero-order valence-electron chi connectivity index (χ0n) is 17.3. The molecular weight excluding hydrogens is 433 g/mol. The molecule has 0 aliphatic carbocycles. The van der Waals surface area contributed by atoms with Crippen molar-refractivity contribution in [1.82, 2.24) is 15.4 Å². The van der Waals surface area contributed by atoms with E-state index in [4.69, 9.17) is 19.9 Å². The Labute approximate surface area is 181 Å². The number of nitriles is 1. The molecule has 0 fully saturated rings. The number of halogens is 3. The molecule has 2 rings (SSSR count). The molecule has 2 amide bonds. The number of nitrogens with one attached hydrogen (secondary N) is 2. The van der Waals surface area contributed by atoms with Gasteiger partial charge < -0.3 is 15.2 Å². The number of ether oxygens (including phenoxy) is 1. The van der Waals surface area contributed by atoms with Gasteiger partial charge in [0.25, 0.3) is 0 Å². The zero-order chi connectivity index (χ0) is 24.3. The highest BCUT2D eigenvalue weighted by atomic mass is 19.4. The summed E-state index contributed by atoms with van der Waals surface area (Å²) in [7, 11) is 1.58. The molecule has 0 unspecified atom stereocenters. The van der Waals surface area contributed by atoms with Crippen LogP contribution in [0.1, 0.15) is 19.7 Å². The lowest BCUT2D eigenvalue weighted by atomic mass is 10.2. The first-order valence-electron chi connectivity index (χ1n) is 8.98. The molecule has 2 aromatic rings. The van der Waals surface area contributed by atoms with Crippen molar-refractivity contribution in [3.05, 3.63) is 42.4 Å². The van der Waals surface area contributed by atoms with Crippen LogP contribution in [-0.2, 0) is 4.79 Å². The standard InChI is InChI=1S/C17H20N6O2.C2HF3O2/c1-12(2)11-23(16-8-9-19-15(10-18)21-16)22-17(24)20-13-4-6-14(25-3)7-5-13;3-2(4,5)1(6)7/h4-9,12H,11H2,1-3H3,(H2,20,22,24);(H,6,7). The molecule has 0 spiro atoms. The number of methoxy groups -OCH3 is 1. The van der Waals surface area contributed by atoms with E-state index in [0.717, 1.165) is 0 Å². The number of alkyl halides is 3. The molecule has 1 heterocycles. The number of aromatic nitrogens is 2. The highest BCUT2D eigenvalue weighted by Gasteiger charge is 2.38. The van der Waals surface area contributed by atoms with Gasteiger partial charge in [-0.2, -0.15) is 23.4 Å². The summed E-state index contributed by atoms with van der Waals surface area (Å²) in [5, 5.41) is 20.4. The third kappa shape index (κ3) is 9.16. The van der Waals surface area contributed by atoms with E-state index in [1.807, 2.05) is 19.9 Å². The van der Waals surface area contributed by atoms with Crippen LogP contribution in [0.5, 0.6) is 5.75 Å². The maximum atomic E-state index is 12.3. The van der Waals surface area contributed by atoms with Crippen LogP contribution in [0, 0.1) is 17.2 Å². The number of hydrazine groups is 1. The van der Waals surface area contributed by atoms with Crippen molar-refractivity contribution in [2.45, 2.75) is 20.0 Å². The topological polar surface area (TPSA) is 140 Å². The second-order valence-electron chi connectivity index (χ2n) is 6.45. The van der Waals surface area contributed by atoms with Crippen LogP contribution in [0.25, 0.3) is 0 Å². The van der Waals surface area contributed by atoms with Crippen molar-refractivity contribution < 1.29 is 32.6 Å². The average molecular weight is 454 g/mol. The first kappa shape index (κ1) is 26.0. The minimum atomic E-state index is -5.08. The number of carboxylic acid groups (broad SMARTS) is 1. The van der Waals surface area contributed by atoms with Gasteiger partial charge in [-0.25, -0.2) is 20.0 Å². The predicted octanol–water partition coefficient (Wildman–Crippen LogP) is 3.19. The first-order chi connectivity index (χ1) is 15.0. The quantitative estimate of drug-likeness (QED) is 0.565. The van der Waals surface area contributed by atoms with Crippen molar-refractivity contribution in [2.24, 2.45) is 5.92 Å². The molecule has 0 radical (unpaired) electrons. The number of hydrogen-bond donors (Lipinski definition) is 3. The summed E-state index contributed by atoms with van der Waals surface area (Å²) in [6, 6.07) is 10.1. The minimum Gasteiger partial charge on any atom is -0.497 e. The van der Waals surface area contributed by atoms with Gasteiger partial charge >= 0.3 is 18.2 Å². The lowest BCUT2D eigenvalue weighted by Gasteiger charge is -2.26. The zero-order valence-corrected chi connectivity index (χ0v) is 17.3. The number of carboxylic acids is 1. The molecule has 0 saturated carbocycles. The number of nitrogens with zero attached hydrogens (tertiary/aromatic N) is 4. The van der Waals surface area contributed by atoms with E-state index in [9.17, 15) is 18.0 Å². The Bertz CT molecular complexity index is 945. The van der Waals surface area contributed by atoms with Crippen LogP contribution in [0.4, 0.5) is 29.5 Å². The van der Waals surface area contributed by atoms with Gasteiger partial charge in [0.05, 0.1) is 7.11 Å². The Kier molecular flexibility index (Phi) is 9.68. The van der Waals surface area contributed by atoms with E-state index in [1.165, 1.54) is 6.20 Å². The molecule has 0 aliphatic heterocycles. The van der Waals surface area contributed by atoms with Crippen molar-refractivity contribution >= 4 is 23.5 Å². The lowest BCUT2D eigenvalue weighted by Crippen LogP contribution is -2.46. The van der Waals surface area contributed by atoms with E-state index in [1.54, 1.807) is 42.5 Å². The fourth-order valence-electron chi connectivity index (χ4n) is 2.07. The van der Waals surface area contributed by atoms with Gasteiger partial charge in [0.15, 0.2) is 5.82 Å².